The molecule has 0 saturated carbocycles. The topological polar surface area (TPSA) is 40.5 Å². The van der Waals surface area contributed by atoms with E-state index < -0.39 is 0 Å². The summed E-state index contributed by atoms with van der Waals surface area (Å²) in [6.07, 6.45) is 1.53. The lowest BCUT2D eigenvalue weighted by atomic mass is 9.92. The molecule has 20 heavy (non-hydrogen) atoms. The first-order chi connectivity index (χ1) is 9.65. The van der Waals surface area contributed by atoms with Crippen molar-refractivity contribution < 1.29 is 9.90 Å². The van der Waals surface area contributed by atoms with E-state index in [2.05, 4.69) is 6.07 Å². The van der Waals surface area contributed by atoms with Gasteiger partial charge in [0, 0.05) is 17.8 Å². The zero-order chi connectivity index (χ0) is 14.1. The van der Waals surface area contributed by atoms with Gasteiger partial charge in [0.1, 0.15) is 0 Å². The molecule has 1 aromatic heterocycles. The van der Waals surface area contributed by atoms with Crippen LogP contribution in [-0.2, 0) is 0 Å². The number of carbonyl (C=O) groups is 1. The molecule has 3 rings (SSSR count). The zero-order valence-electron chi connectivity index (χ0n) is 11.6. The summed E-state index contributed by atoms with van der Waals surface area (Å²) in [5.41, 5.74) is 0. The minimum Gasteiger partial charge on any atom is -0.393 e. The van der Waals surface area contributed by atoms with Crippen LogP contribution in [0.25, 0.3) is 10.1 Å². The van der Waals surface area contributed by atoms with Gasteiger partial charge >= 0.3 is 0 Å². The van der Waals surface area contributed by atoms with Crippen molar-refractivity contribution in [2.24, 2.45) is 5.92 Å². The summed E-state index contributed by atoms with van der Waals surface area (Å²) in [4.78, 5) is 15.3. The van der Waals surface area contributed by atoms with E-state index in [0.29, 0.717) is 5.92 Å². The molecular weight excluding hydrogens is 270 g/mol. The monoisotopic (exact) mass is 289 g/mol. The molecule has 2 heterocycles. The minimum atomic E-state index is -0.267. The van der Waals surface area contributed by atoms with Gasteiger partial charge in [0.25, 0.3) is 5.91 Å². The number of aliphatic hydroxyl groups excluding tert-OH is 1. The fourth-order valence-corrected chi connectivity index (χ4v) is 3.86. The number of hydrogen-bond acceptors (Lipinski definition) is 3. The van der Waals surface area contributed by atoms with E-state index in [1.54, 1.807) is 11.3 Å². The van der Waals surface area contributed by atoms with Gasteiger partial charge < -0.3 is 10.0 Å². The van der Waals surface area contributed by atoms with Gasteiger partial charge in [-0.3, -0.25) is 4.79 Å². The van der Waals surface area contributed by atoms with E-state index in [9.17, 15) is 9.90 Å². The van der Waals surface area contributed by atoms with E-state index in [0.717, 1.165) is 40.9 Å². The summed E-state index contributed by atoms with van der Waals surface area (Å²) in [5, 5.41) is 10.8. The predicted molar refractivity (Wildman–Crippen MR) is 82.1 cm³/mol. The van der Waals surface area contributed by atoms with Crippen molar-refractivity contribution >= 4 is 27.3 Å². The number of carbonyl (C=O) groups excluding carboxylic acids is 1. The van der Waals surface area contributed by atoms with Crippen LogP contribution in [0.15, 0.2) is 30.3 Å². The Bertz CT molecular complexity index is 579. The SMILES string of the molecule is CC(O)C1CCN(C(=O)c2cc3ccccc3s2)CC1. The van der Waals surface area contributed by atoms with E-state index in [1.807, 2.05) is 36.1 Å². The van der Waals surface area contributed by atoms with Crippen molar-refractivity contribution in [1.29, 1.82) is 0 Å². The molecule has 1 fully saturated rings. The summed E-state index contributed by atoms with van der Waals surface area (Å²) in [5.74, 6) is 0.469. The van der Waals surface area contributed by atoms with Crippen molar-refractivity contribution in [3.8, 4) is 0 Å². The molecule has 1 aromatic carbocycles. The van der Waals surface area contributed by atoms with Gasteiger partial charge in [0.2, 0.25) is 0 Å². The molecule has 1 aliphatic heterocycles. The minimum absolute atomic E-state index is 0.134. The first-order valence-corrected chi connectivity index (χ1v) is 7.93. The van der Waals surface area contributed by atoms with Gasteiger partial charge in [0.05, 0.1) is 11.0 Å². The van der Waals surface area contributed by atoms with Crippen molar-refractivity contribution in [3.05, 3.63) is 35.2 Å². The van der Waals surface area contributed by atoms with Crippen LogP contribution in [0, 0.1) is 5.92 Å². The Balaban J connectivity index is 1.73. The number of aliphatic hydroxyl groups is 1. The zero-order valence-corrected chi connectivity index (χ0v) is 12.4. The molecule has 1 amide bonds. The Morgan fingerprint density at radius 2 is 2.05 bits per heavy atom. The second kappa shape index (κ2) is 5.54. The van der Waals surface area contributed by atoms with Crippen molar-refractivity contribution in [2.45, 2.75) is 25.9 Å². The third-order valence-electron chi connectivity index (χ3n) is 4.15. The number of thiophene rings is 1. The number of amides is 1. The molecule has 1 atom stereocenters. The summed E-state index contributed by atoms with van der Waals surface area (Å²) < 4.78 is 1.16. The number of rotatable bonds is 2. The van der Waals surface area contributed by atoms with Crippen LogP contribution in [0.4, 0.5) is 0 Å². The fraction of sp³-hybridized carbons (Fsp3) is 0.438. The molecule has 1 N–H and O–H groups in total. The number of fused-ring (bicyclic) bond motifs is 1. The van der Waals surface area contributed by atoms with Crippen molar-refractivity contribution in [3.63, 3.8) is 0 Å². The number of hydrogen-bond donors (Lipinski definition) is 1. The Labute approximate surface area is 122 Å². The lowest BCUT2D eigenvalue weighted by molar-refractivity contribution is 0.0525. The highest BCUT2D eigenvalue weighted by molar-refractivity contribution is 7.20. The van der Waals surface area contributed by atoms with E-state index >= 15 is 0 Å². The van der Waals surface area contributed by atoms with Gasteiger partial charge in [0.15, 0.2) is 0 Å². The second-order valence-corrected chi connectivity index (χ2v) is 6.60. The maximum absolute atomic E-state index is 12.5. The summed E-state index contributed by atoms with van der Waals surface area (Å²) in [7, 11) is 0. The molecule has 4 heteroatoms. The molecule has 1 unspecified atom stereocenters. The average molecular weight is 289 g/mol. The highest BCUT2D eigenvalue weighted by Gasteiger charge is 2.26. The molecule has 2 aromatic rings. The van der Waals surface area contributed by atoms with Crippen LogP contribution in [-0.4, -0.2) is 35.1 Å². The van der Waals surface area contributed by atoms with Gasteiger partial charge in [-0.2, -0.15) is 0 Å². The molecular formula is C16H19NO2S. The van der Waals surface area contributed by atoms with Gasteiger partial charge in [-0.25, -0.2) is 0 Å². The molecule has 0 aliphatic carbocycles. The van der Waals surface area contributed by atoms with Crippen molar-refractivity contribution in [2.75, 3.05) is 13.1 Å². The lowest BCUT2D eigenvalue weighted by Crippen LogP contribution is -2.40. The van der Waals surface area contributed by atoms with Crippen LogP contribution >= 0.6 is 11.3 Å². The fourth-order valence-electron chi connectivity index (χ4n) is 2.83. The summed E-state index contributed by atoms with van der Waals surface area (Å²) in [6.45, 7) is 3.35. The molecule has 1 aliphatic rings. The largest absolute Gasteiger partial charge is 0.393 e. The first kappa shape index (κ1) is 13.6. The van der Waals surface area contributed by atoms with E-state index in [1.165, 1.54) is 0 Å². The number of benzene rings is 1. The van der Waals surface area contributed by atoms with Crippen LogP contribution in [0.2, 0.25) is 0 Å². The van der Waals surface area contributed by atoms with Gasteiger partial charge in [-0.1, -0.05) is 18.2 Å². The van der Waals surface area contributed by atoms with Gasteiger partial charge in [-0.15, -0.1) is 11.3 Å². The molecule has 0 spiro atoms. The summed E-state index contributed by atoms with van der Waals surface area (Å²) in [6, 6.07) is 10.1. The highest BCUT2D eigenvalue weighted by atomic mass is 32.1. The molecule has 3 nitrogen and oxygen atoms in total. The lowest BCUT2D eigenvalue weighted by Gasteiger charge is -2.33. The third kappa shape index (κ3) is 2.58. The Kier molecular flexibility index (Phi) is 3.76. The highest BCUT2D eigenvalue weighted by Crippen LogP contribution is 2.28. The quantitative estimate of drug-likeness (QED) is 0.922. The normalized spacial score (nSPS) is 18.4. The van der Waals surface area contributed by atoms with Crippen LogP contribution in [0.3, 0.4) is 0 Å². The smallest absolute Gasteiger partial charge is 0.263 e. The first-order valence-electron chi connectivity index (χ1n) is 7.11. The number of likely N-dealkylation sites (tertiary alicyclic amines) is 1. The van der Waals surface area contributed by atoms with Crippen LogP contribution < -0.4 is 0 Å². The summed E-state index contributed by atoms with van der Waals surface area (Å²) >= 11 is 1.57. The Morgan fingerprint density at radius 1 is 1.35 bits per heavy atom. The van der Waals surface area contributed by atoms with Crippen molar-refractivity contribution in [1.82, 2.24) is 4.90 Å². The maximum Gasteiger partial charge on any atom is 0.263 e. The van der Waals surface area contributed by atoms with Crippen LogP contribution in [0.1, 0.15) is 29.4 Å². The van der Waals surface area contributed by atoms with E-state index in [-0.39, 0.29) is 12.0 Å². The molecule has 1 saturated heterocycles. The molecule has 106 valence electrons. The van der Waals surface area contributed by atoms with E-state index in [4.69, 9.17) is 0 Å². The molecule has 0 bridgehead atoms. The number of piperidine rings is 1. The standard InChI is InChI=1S/C16H19NO2S/c1-11(18)12-6-8-17(9-7-12)16(19)15-10-13-4-2-3-5-14(13)20-15/h2-5,10-12,18H,6-9H2,1H3. The number of nitrogens with zero attached hydrogens (tertiary/aromatic N) is 1. The Hall–Kier alpha value is -1.39. The van der Waals surface area contributed by atoms with Gasteiger partial charge in [-0.05, 0) is 43.2 Å². The predicted octanol–water partition coefficient (Wildman–Crippen LogP) is 3.13. The average Bonchev–Trinajstić information content (AvgIpc) is 2.90. The maximum atomic E-state index is 12.5. The second-order valence-electron chi connectivity index (χ2n) is 5.52. The Morgan fingerprint density at radius 3 is 2.70 bits per heavy atom. The third-order valence-corrected chi connectivity index (χ3v) is 5.25. The molecule has 0 radical (unpaired) electrons. The van der Waals surface area contributed by atoms with Crippen LogP contribution in [0.5, 0.6) is 0 Å².